The maximum Gasteiger partial charge on any atom is 0.271 e. The second-order valence-electron chi connectivity index (χ2n) is 3.48. The molecule has 1 aromatic heterocycles. The molecule has 1 heterocycles. The first-order chi connectivity index (χ1) is 7.99. The van der Waals surface area contributed by atoms with Crippen LogP contribution in [0.2, 0.25) is 0 Å². The summed E-state index contributed by atoms with van der Waals surface area (Å²) in [7, 11) is -3.69. The van der Waals surface area contributed by atoms with Gasteiger partial charge in [0.05, 0.1) is 5.69 Å². The molecule has 0 amide bonds. The Morgan fingerprint density at radius 1 is 1.18 bits per heavy atom. The molecule has 0 aliphatic heterocycles. The van der Waals surface area contributed by atoms with Gasteiger partial charge in [0, 0.05) is 0 Å². The average molecular weight is 271 g/mol. The number of sulfonamides is 1. The first-order valence-electron chi connectivity index (χ1n) is 4.83. The zero-order valence-corrected chi connectivity index (χ0v) is 10.6. The Morgan fingerprint density at radius 3 is 2.47 bits per heavy atom. The molecule has 0 atom stereocenters. The summed E-state index contributed by atoms with van der Waals surface area (Å²) in [4.78, 5) is 0. The topological polar surface area (TPSA) is 46.2 Å². The number of benzene rings is 1. The van der Waals surface area contributed by atoms with Crippen molar-refractivity contribution in [1.82, 2.24) is 0 Å². The molecule has 90 valence electrons. The molecular weight excluding hydrogens is 261 g/mol. The van der Waals surface area contributed by atoms with Gasteiger partial charge in [0.15, 0.2) is 5.13 Å². The lowest BCUT2D eigenvalue weighted by atomic mass is 10.2. The Kier molecular flexibility index (Phi) is 3.17. The van der Waals surface area contributed by atoms with Crippen molar-refractivity contribution in [2.24, 2.45) is 0 Å². The van der Waals surface area contributed by atoms with Gasteiger partial charge in [-0.15, -0.1) is 0 Å². The van der Waals surface area contributed by atoms with Gasteiger partial charge >= 0.3 is 0 Å². The van der Waals surface area contributed by atoms with Crippen molar-refractivity contribution >= 4 is 27.0 Å². The van der Waals surface area contributed by atoms with Crippen molar-refractivity contribution in [3.05, 3.63) is 47.1 Å². The van der Waals surface area contributed by atoms with Crippen LogP contribution >= 0.6 is 11.3 Å². The number of rotatable bonds is 3. The van der Waals surface area contributed by atoms with Gasteiger partial charge in [-0.25, -0.2) is 8.42 Å². The molecule has 0 spiro atoms. The van der Waals surface area contributed by atoms with Crippen LogP contribution in [0.1, 0.15) is 5.56 Å². The van der Waals surface area contributed by atoms with Crippen LogP contribution in [-0.2, 0) is 10.0 Å². The van der Waals surface area contributed by atoms with E-state index in [1.54, 1.807) is 25.1 Å². The summed E-state index contributed by atoms with van der Waals surface area (Å²) in [5.41, 5.74) is 1.31. The van der Waals surface area contributed by atoms with Gasteiger partial charge in [-0.3, -0.25) is 4.72 Å². The van der Waals surface area contributed by atoms with E-state index in [1.165, 1.54) is 6.07 Å². The van der Waals surface area contributed by atoms with Gasteiger partial charge in [-0.2, -0.15) is 4.39 Å². The summed E-state index contributed by atoms with van der Waals surface area (Å²) in [6, 6.07) is 9.40. The Balaban J connectivity index is 2.33. The largest absolute Gasteiger partial charge is 0.279 e. The number of hydrogen-bond donors (Lipinski definition) is 1. The van der Waals surface area contributed by atoms with Crippen LogP contribution in [0.5, 0.6) is 0 Å². The summed E-state index contributed by atoms with van der Waals surface area (Å²) in [5.74, 6) is 0. The highest BCUT2D eigenvalue weighted by Gasteiger charge is 2.17. The smallest absolute Gasteiger partial charge is 0.271 e. The number of nitrogens with one attached hydrogen (secondary N) is 1. The molecule has 0 saturated carbocycles. The van der Waals surface area contributed by atoms with Crippen LogP contribution in [0.4, 0.5) is 10.1 Å². The van der Waals surface area contributed by atoms with Crippen molar-refractivity contribution in [2.45, 2.75) is 11.1 Å². The quantitative estimate of drug-likeness (QED) is 0.932. The van der Waals surface area contributed by atoms with Crippen LogP contribution in [0.3, 0.4) is 0 Å². The van der Waals surface area contributed by atoms with Gasteiger partial charge in [-0.1, -0.05) is 29.5 Å². The fourth-order valence-electron chi connectivity index (χ4n) is 1.32. The average Bonchev–Trinajstić information content (AvgIpc) is 2.69. The lowest BCUT2D eigenvalue weighted by molar-refractivity contribution is 0.603. The fourth-order valence-corrected chi connectivity index (χ4v) is 3.46. The number of halogens is 1. The van der Waals surface area contributed by atoms with E-state index in [4.69, 9.17) is 0 Å². The Hall–Kier alpha value is -1.40. The van der Waals surface area contributed by atoms with Crippen molar-refractivity contribution in [3.8, 4) is 0 Å². The number of anilines is 1. The third kappa shape index (κ3) is 2.65. The molecule has 3 nitrogen and oxygen atoms in total. The molecule has 0 aliphatic rings. The molecule has 0 aliphatic carbocycles. The Morgan fingerprint density at radius 2 is 1.88 bits per heavy atom. The van der Waals surface area contributed by atoms with E-state index in [0.29, 0.717) is 17.0 Å². The second-order valence-corrected chi connectivity index (χ2v) is 6.42. The molecule has 0 bridgehead atoms. The molecule has 0 saturated heterocycles. The zero-order valence-electron chi connectivity index (χ0n) is 8.98. The number of hydrogen-bond acceptors (Lipinski definition) is 3. The predicted molar refractivity (Wildman–Crippen MR) is 66.3 cm³/mol. The first-order valence-corrected chi connectivity index (χ1v) is 7.13. The monoisotopic (exact) mass is 271 g/mol. The molecule has 2 aromatic rings. The van der Waals surface area contributed by atoms with Crippen LogP contribution in [0.25, 0.3) is 0 Å². The van der Waals surface area contributed by atoms with E-state index in [9.17, 15) is 12.8 Å². The first kappa shape index (κ1) is 12.1. The number of thiophene rings is 1. The SMILES string of the molecule is Cc1ccccc1NS(=O)(=O)c1ccc(F)s1. The minimum atomic E-state index is -3.69. The predicted octanol–water partition coefficient (Wildman–Crippen LogP) is 3.00. The Bertz CT molecular complexity index is 634. The van der Waals surface area contributed by atoms with E-state index >= 15 is 0 Å². The minimum Gasteiger partial charge on any atom is -0.279 e. The van der Waals surface area contributed by atoms with E-state index in [1.807, 2.05) is 6.07 Å². The lowest BCUT2D eigenvalue weighted by Gasteiger charge is -2.08. The summed E-state index contributed by atoms with van der Waals surface area (Å²) in [5, 5.41) is -0.518. The molecule has 0 unspecified atom stereocenters. The number of aryl methyl sites for hydroxylation is 1. The molecule has 6 heteroatoms. The molecule has 1 N–H and O–H groups in total. The standard InChI is InChI=1S/C11H10FNO2S2/c1-8-4-2-3-5-9(8)13-17(14,15)11-7-6-10(12)16-11/h2-7,13H,1H3. The highest BCUT2D eigenvalue weighted by Crippen LogP contribution is 2.24. The van der Waals surface area contributed by atoms with Crippen LogP contribution in [0, 0.1) is 12.1 Å². The van der Waals surface area contributed by atoms with Crippen LogP contribution in [-0.4, -0.2) is 8.42 Å². The fraction of sp³-hybridized carbons (Fsp3) is 0.0909. The van der Waals surface area contributed by atoms with Gasteiger partial charge in [0.25, 0.3) is 10.0 Å². The molecule has 1 aromatic carbocycles. The van der Waals surface area contributed by atoms with Crippen LogP contribution in [0.15, 0.2) is 40.6 Å². The van der Waals surface area contributed by atoms with Crippen LogP contribution < -0.4 is 4.72 Å². The summed E-state index contributed by atoms with van der Waals surface area (Å²) in [6.45, 7) is 1.80. The van der Waals surface area contributed by atoms with Crippen molar-refractivity contribution in [3.63, 3.8) is 0 Å². The van der Waals surface area contributed by atoms with E-state index in [-0.39, 0.29) is 4.21 Å². The van der Waals surface area contributed by atoms with Gasteiger partial charge < -0.3 is 0 Å². The van der Waals surface area contributed by atoms with E-state index < -0.39 is 15.2 Å². The molecular formula is C11H10FNO2S2. The third-order valence-electron chi connectivity index (χ3n) is 2.20. The molecule has 17 heavy (non-hydrogen) atoms. The van der Waals surface area contributed by atoms with Gasteiger partial charge in [0.1, 0.15) is 4.21 Å². The van der Waals surface area contributed by atoms with Gasteiger partial charge in [-0.05, 0) is 30.7 Å². The second kappa shape index (κ2) is 4.46. The highest BCUT2D eigenvalue weighted by molar-refractivity contribution is 7.94. The molecule has 2 rings (SSSR count). The van der Waals surface area contributed by atoms with Crippen molar-refractivity contribution in [2.75, 3.05) is 4.72 Å². The summed E-state index contributed by atoms with van der Waals surface area (Å²) in [6.07, 6.45) is 0. The van der Waals surface area contributed by atoms with Crippen molar-refractivity contribution in [1.29, 1.82) is 0 Å². The molecule has 0 fully saturated rings. The van der Waals surface area contributed by atoms with Gasteiger partial charge in [0.2, 0.25) is 0 Å². The number of para-hydroxylation sites is 1. The summed E-state index contributed by atoms with van der Waals surface area (Å²) >= 11 is 0.603. The zero-order chi connectivity index (χ0) is 12.5. The summed E-state index contributed by atoms with van der Waals surface area (Å²) < 4.78 is 39.0. The van der Waals surface area contributed by atoms with E-state index in [0.717, 1.165) is 11.6 Å². The maximum atomic E-state index is 12.8. The third-order valence-corrected chi connectivity index (χ3v) is 4.93. The van der Waals surface area contributed by atoms with Crippen molar-refractivity contribution < 1.29 is 12.8 Å². The minimum absolute atomic E-state index is 0.0294. The molecule has 0 radical (unpaired) electrons. The maximum absolute atomic E-state index is 12.8. The van der Waals surface area contributed by atoms with E-state index in [2.05, 4.69) is 4.72 Å². The lowest BCUT2D eigenvalue weighted by Crippen LogP contribution is -2.12. The highest BCUT2D eigenvalue weighted by atomic mass is 32.2. The normalized spacial score (nSPS) is 11.4. The Labute approximate surface area is 103 Å².